The highest BCUT2D eigenvalue weighted by molar-refractivity contribution is 7.13. The number of thiazole rings is 1. The van der Waals surface area contributed by atoms with Crippen molar-refractivity contribution in [3.63, 3.8) is 0 Å². The number of carbonyl (C=O) groups is 1. The van der Waals surface area contributed by atoms with E-state index in [0.29, 0.717) is 17.3 Å². The summed E-state index contributed by atoms with van der Waals surface area (Å²) in [6.07, 6.45) is 1.75. The van der Waals surface area contributed by atoms with Gasteiger partial charge in [-0.2, -0.15) is 0 Å². The van der Waals surface area contributed by atoms with Crippen molar-refractivity contribution >= 4 is 22.4 Å². The van der Waals surface area contributed by atoms with Crippen LogP contribution in [0.2, 0.25) is 0 Å². The summed E-state index contributed by atoms with van der Waals surface area (Å²) in [4.78, 5) is 16.1. The van der Waals surface area contributed by atoms with E-state index in [2.05, 4.69) is 10.3 Å². The lowest BCUT2D eigenvalue weighted by molar-refractivity contribution is -0.122. The zero-order valence-electron chi connectivity index (χ0n) is 10.9. The molecular formula is C14H16N2O2S. The molecule has 0 radical (unpaired) electrons. The van der Waals surface area contributed by atoms with Crippen molar-refractivity contribution < 1.29 is 9.53 Å². The third kappa shape index (κ3) is 3.79. The van der Waals surface area contributed by atoms with Crippen LogP contribution in [0.1, 0.15) is 18.9 Å². The normalized spacial score (nSPS) is 11.9. The van der Waals surface area contributed by atoms with Gasteiger partial charge in [-0.25, -0.2) is 4.98 Å². The van der Waals surface area contributed by atoms with Crippen LogP contribution in [0.15, 0.2) is 35.8 Å². The van der Waals surface area contributed by atoms with Gasteiger partial charge in [0.25, 0.3) is 5.91 Å². The number of hydrogen-bond acceptors (Lipinski definition) is 4. The average Bonchev–Trinajstić information content (AvgIpc) is 2.90. The minimum Gasteiger partial charge on any atom is -0.481 e. The first kappa shape index (κ1) is 13.5. The lowest BCUT2D eigenvalue weighted by Gasteiger charge is -2.16. The van der Waals surface area contributed by atoms with Crippen molar-refractivity contribution in [3.05, 3.63) is 41.4 Å². The predicted octanol–water partition coefficient (Wildman–Crippen LogP) is 3.25. The molecule has 100 valence electrons. The number of amides is 1. The molecule has 1 amide bonds. The molecule has 2 aromatic rings. The summed E-state index contributed by atoms with van der Waals surface area (Å²) in [5.74, 6) is 0.532. The number of nitrogens with zero attached hydrogens (tertiary/aromatic N) is 1. The quantitative estimate of drug-likeness (QED) is 0.912. The zero-order chi connectivity index (χ0) is 13.7. The number of aryl methyl sites for hydroxylation is 1. The summed E-state index contributed by atoms with van der Waals surface area (Å²) in [6, 6.07) is 7.66. The number of aromatic nitrogens is 1. The topological polar surface area (TPSA) is 51.2 Å². The monoisotopic (exact) mass is 276 g/mol. The van der Waals surface area contributed by atoms with Crippen molar-refractivity contribution in [2.24, 2.45) is 0 Å². The average molecular weight is 276 g/mol. The van der Waals surface area contributed by atoms with Gasteiger partial charge in [0.1, 0.15) is 5.75 Å². The maximum Gasteiger partial charge on any atom is 0.267 e. The molecule has 4 nitrogen and oxygen atoms in total. The lowest BCUT2D eigenvalue weighted by Crippen LogP contribution is -2.32. The fourth-order valence-corrected chi connectivity index (χ4v) is 2.11. The summed E-state index contributed by atoms with van der Waals surface area (Å²) in [5.41, 5.74) is 1.16. The molecule has 1 heterocycles. The molecule has 1 aromatic heterocycles. The molecule has 0 aliphatic carbocycles. The molecule has 0 saturated carbocycles. The van der Waals surface area contributed by atoms with Gasteiger partial charge >= 0.3 is 0 Å². The van der Waals surface area contributed by atoms with E-state index >= 15 is 0 Å². The van der Waals surface area contributed by atoms with Crippen LogP contribution in [0, 0.1) is 6.92 Å². The van der Waals surface area contributed by atoms with E-state index in [4.69, 9.17) is 4.74 Å². The van der Waals surface area contributed by atoms with Crippen LogP contribution in [-0.2, 0) is 4.79 Å². The van der Waals surface area contributed by atoms with E-state index < -0.39 is 6.10 Å². The smallest absolute Gasteiger partial charge is 0.267 e. The Morgan fingerprint density at radius 3 is 2.74 bits per heavy atom. The molecule has 5 heteroatoms. The SMILES string of the molecule is CC[C@@H](Oc1ccc(C)cc1)C(=O)Nc1nccs1. The summed E-state index contributed by atoms with van der Waals surface area (Å²) < 4.78 is 5.69. The molecule has 0 aliphatic rings. The first-order valence-corrected chi connectivity index (χ1v) is 7.00. The Hall–Kier alpha value is -1.88. The number of benzene rings is 1. The molecular weight excluding hydrogens is 260 g/mol. The summed E-state index contributed by atoms with van der Waals surface area (Å²) >= 11 is 1.39. The number of hydrogen-bond donors (Lipinski definition) is 1. The zero-order valence-corrected chi connectivity index (χ0v) is 11.7. The predicted molar refractivity (Wildman–Crippen MR) is 76.6 cm³/mol. The van der Waals surface area contributed by atoms with Crippen LogP contribution in [0.5, 0.6) is 5.75 Å². The Morgan fingerprint density at radius 1 is 1.42 bits per heavy atom. The molecule has 1 aromatic carbocycles. The molecule has 0 bridgehead atoms. The fourth-order valence-electron chi connectivity index (χ4n) is 1.57. The minimum atomic E-state index is -0.508. The maximum absolute atomic E-state index is 12.0. The minimum absolute atomic E-state index is 0.168. The fraction of sp³-hybridized carbons (Fsp3) is 0.286. The van der Waals surface area contributed by atoms with Crippen LogP contribution in [0.25, 0.3) is 0 Å². The number of ether oxygens (including phenoxy) is 1. The summed E-state index contributed by atoms with van der Waals surface area (Å²) in [7, 11) is 0. The number of rotatable bonds is 5. The van der Waals surface area contributed by atoms with E-state index in [1.54, 1.807) is 6.20 Å². The van der Waals surface area contributed by atoms with Crippen molar-refractivity contribution in [3.8, 4) is 5.75 Å². The van der Waals surface area contributed by atoms with Crippen LogP contribution in [0.4, 0.5) is 5.13 Å². The number of anilines is 1. The van der Waals surface area contributed by atoms with Crippen LogP contribution in [0.3, 0.4) is 0 Å². The van der Waals surface area contributed by atoms with Crippen LogP contribution in [-0.4, -0.2) is 17.0 Å². The molecule has 19 heavy (non-hydrogen) atoms. The Balaban J connectivity index is 1.99. The lowest BCUT2D eigenvalue weighted by atomic mass is 10.2. The largest absolute Gasteiger partial charge is 0.481 e. The second kappa shape index (κ2) is 6.33. The van der Waals surface area contributed by atoms with Crippen LogP contribution < -0.4 is 10.1 Å². The van der Waals surface area contributed by atoms with Crippen molar-refractivity contribution in [2.75, 3.05) is 5.32 Å². The molecule has 0 spiro atoms. The van der Waals surface area contributed by atoms with Gasteiger partial charge in [-0.05, 0) is 25.5 Å². The van der Waals surface area contributed by atoms with Gasteiger partial charge in [-0.15, -0.1) is 11.3 Å². The standard InChI is InChI=1S/C14H16N2O2S/c1-3-12(13(17)16-14-15-8-9-19-14)18-11-6-4-10(2)5-7-11/h4-9,12H,3H2,1-2H3,(H,15,16,17)/t12-/m1/s1. The van der Waals surface area contributed by atoms with Crippen molar-refractivity contribution in [1.29, 1.82) is 0 Å². The van der Waals surface area contributed by atoms with Crippen LogP contribution >= 0.6 is 11.3 Å². The Labute approximate surface area is 116 Å². The van der Waals surface area contributed by atoms with E-state index in [1.165, 1.54) is 11.3 Å². The number of carbonyl (C=O) groups excluding carboxylic acids is 1. The second-order valence-corrected chi connectivity index (χ2v) is 5.05. The van der Waals surface area contributed by atoms with E-state index in [1.807, 2.05) is 43.5 Å². The first-order chi connectivity index (χ1) is 9.19. The van der Waals surface area contributed by atoms with Gasteiger partial charge in [0.05, 0.1) is 0 Å². The molecule has 1 atom stereocenters. The van der Waals surface area contributed by atoms with Gasteiger partial charge in [-0.1, -0.05) is 24.6 Å². The van der Waals surface area contributed by atoms with Gasteiger partial charge < -0.3 is 4.74 Å². The third-order valence-electron chi connectivity index (χ3n) is 2.63. The highest BCUT2D eigenvalue weighted by Crippen LogP contribution is 2.16. The first-order valence-electron chi connectivity index (χ1n) is 6.12. The Kier molecular flexibility index (Phi) is 4.52. The molecule has 0 unspecified atom stereocenters. The molecule has 1 N–H and O–H groups in total. The van der Waals surface area contributed by atoms with Gasteiger partial charge in [0, 0.05) is 11.6 Å². The molecule has 0 fully saturated rings. The van der Waals surface area contributed by atoms with Gasteiger partial charge in [0.15, 0.2) is 11.2 Å². The van der Waals surface area contributed by atoms with Crippen molar-refractivity contribution in [2.45, 2.75) is 26.4 Å². The van der Waals surface area contributed by atoms with E-state index in [0.717, 1.165) is 5.56 Å². The molecule has 0 saturated heterocycles. The second-order valence-electron chi connectivity index (χ2n) is 4.15. The molecule has 2 rings (SSSR count). The van der Waals surface area contributed by atoms with Crippen molar-refractivity contribution in [1.82, 2.24) is 4.98 Å². The van der Waals surface area contributed by atoms with Gasteiger partial charge in [0.2, 0.25) is 0 Å². The summed E-state index contributed by atoms with van der Waals surface area (Å²) in [6.45, 7) is 3.93. The Bertz CT molecular complexity index is 523. The highest BCUT2D eigenvalue weighted by atomic mass is 32.1. The van der Waals surface area contributed by atoms with E-state index in [9.17, 15) is 4.79 Å². The van der Waals surface area contributed by atoms with Gasteiger partial charge in [-0.3, -0.25) is 10.1 Å². The number of nitrogens with one attached hydrogen (secondary N) is 1. The third-order valence-corrected chi connectivity index (χ3v) is 3.31. The van der Waals surface area contributed by atoms with E-state index in [-0.39, 0.29) is 5.91 Å². The molecule has 0 aliphatic heterocycles. The highest BCUT2D eigenvalue weighted by Gasteiger charge is 2.19. The summed E-state index contributed by atoms with van der Waals surface area (Å²) in [5, 5.41) is 5.16. The Morgan fingerprint density at radius 2 is 2.16 bits per heavy atom. The maximum atomic E-state index is 12.0.